The summed E-state index contributed by atoms with van der Waals surface area (Å²) in [5.74, 6) is -0.955. The highest BCUT2D eigenvalue weighted by Crippen LogP contribution is 2.21. The van der Waals surface area contributed by atoms with Gasteiger partial charge in [-0.2, -0.15) is 4.72 Å². The molecule has 4 aromatic rings. The number of nitrogens with one attached hydrogen (secondary N) is 2. The number of aryl methyl sites for hydroxylation is 1. The molecule has 0 aliphatic carbocycles. The van der Waals surface area contributed by atoms with Crippen LogP contribution in [0.25, 0.3) is 22.0 Å². The summed E-state index contributed by atoms with van der Waals surface area (Å²) in [5, 5.41) is 9.52. The largest absolute Gasteiger partial charge is 0.331 e. The second-order valence-corrected chi connectivity index (χ2v) is 10.2. The second-order valence-electron chi connectivity index (χ2n) is 8.50. The number of hydrogen-bond donors (Lipinski definition) is 3. The molecule has 0 saturated heterocycles. The number of benzene rings is 3. The van der Waals surface area contributed by atoms with Crippen molar-refractivity contribution in [3.63, 3.8) is 0 Å². The highest BCUT2D eigenvalue weighted by atomic mass is 32.2. The van der Waals surface area contributed by atoms with Crippen molar-refractivity contribution in [2.75, 3.05) is 0 Å². The van der Waals surface area contributed by atoms with E-state index in [0.717, 1.165) is 15.7 Å². The van der Waals surface area contributed by atoms with E-state index >= 15 is 0 Å². The standard InChI is InChI=1S/C26H26N4O6S/c1-29-23-12-6-5-10-21(23)25(32)30(26(29)33)17-7-11-22(24(31)27-34)28-37(35,36)20-15-13-19(14-16-20)18-8-3-2-4-9-18/h2-6,8-10,12-16,22,28,34H,7,11,17H2,1H3,(H,27,31)/t22-/m1/s1. The number of nitrogens with zero attached hydrogens (tertiary/aromatic N) is 2. The molecule has 0 fully saturated rings. The van der Waals surface area contributed by atoms with Gasteiger partial charge in [-0.3, -0.25) is 23.9 Å². The number of carbonyl (C=O) groups is 1. The van der Waals surface area contributed by atoms with Gasteiger partial charge >= 0.3 is 5.69 Å². The molecule has 0 aliphatic rings. The minimum Gasteiger partial charge on any atom is -0.296 e. The molecule has 11 heteroatoms. The van der Waals surface area contributed by atoms with Crippen molar-refractivity contribution >= 4 is 26.8 Å². The Kier molecular flexibility index (Phi) is 7.67. The molecule has 0 spiro atoms. The summed E-state index contributed by atoms with van der Waals surface area (Å²) < 4.78 is 30.6. The van der Waals surface area contributed by atoms with Crippen molar-refractivity contribution in [2.24, 2.45) is 7.05 Å². The van der Waals surface area contributed by atoms with Gasteiger partial charge in [0.05, 0.1) is 15.8 Å². The van der Waals surface area contributed by atoms with Crippen molar-refractivity contribution in [3.05, 3.63) is 99.7 Å². The summed E-state index contributed by atoms with van der Waals surface area (Å²) >= 11 is 0. The summed E-state index contributed by atoms with van der Waals surface area (Å²) in [5.41, 5.74) is 2.73. The van der Waals surface area contributed by atoms with Crippen LogP contribution < -0.4 is 21.5 Å². The summed E-state index contributed by atoms with van der Waals surface area (Å²) in [4.78, 5) is 37.7. The quantitative estimate of drug-likeness (QED) is 0.227. The Morgan fingerprint density at radius 2 is 1.54 bits per heavy atom. The maximum atomic E-state index is 13.0. The maximum Gasteiger partial charge on any atom is 0.331 e. The topological polar surface area (TPSA) is 140 Å². The first kappa shape index (κ1) is 26.0. The predicted octanol–water partition coefficient (Wildman–Crippen LogP) is 2.00. The lowest BCUT2D eigenvalue weighted by molar-refractivity contribution is -0.131. The number of para-hydroxylation sites is 1. The van der Waals surface area contributed by atoms with Crippen LogP contribution in [0.15, 0.2) is 93.3 Å². The fourth-order valence-corrected chi connectivity index (χ4v) is 5.38. The number of sulfonamides is 1. The molecule has 1 atom stereocenters. The van der Waals surface area contributed by atoms with Crippen molar-refractivity contribution in [3.8, 4) is 11.1 Å². The molecule has 0 saturated carbocycles. The molecular formula is C26H26N4O6S. The van der Waals surface area contributed by atoms with Crippen LogP contribution >= 0.6 is 0 Å². The van der Waals surface area contributed by atoms with Gasteiger partial charge in [-0.1, -0.05) is 54.6 Å². The molecular weight excluding hydrogens is 496 g/mol. The average molecular weight is 523 g/mol. The Morgan fingerprint density at radius 3 is 2.22 bits per heavy atom. The maximum absolute atomic E-state index is 13.0. The lowest BCUT2D eigenvalue weighted by Gasteiger charge is -2.17. The molecule has 192 valence electrons. The third-order valence-electron chi connectivity index (χ3n) is 6.13. The molecule has 0 bridgehead atoms. The Hall–Kier alpha value is -4.06. The summed E-state index contributed by atoms with van der Waals surface area (Å²) in [6.07, 6.45) is 0.0389. The molecule has 3 N–H and O–H groups in total. The highest BCUT2D eigenvalue weighted by molar-refractivity contribution is 7.89. The first-order valence-corrected chi connectivity index (χ1v) is 13.0. The van der Waals surface area contributed by atoms with E-state index in [9.17, 15) is 22.8 Å². The number of rotatable bonds is 9. The summed E-state index contributed by atoms with van der Waals surface area (Å²) in [6.45, 7) is -0.0426. The van der Waals surface area contributed by atoms with Crippen LogP contribution in [0.3, 0.4) is 0 Å². The van der Waals surface area contributed by atoms with Crippen LogP contribution in [-0.2, 0) is 28.4 Å². The third-order valence-corrected chi connectivity index (χ3v) is 7.62. The van der Waals surface area contributed by atoms with Gasteiger partial charge in [0.25, 0.3) is 11.5 Å². The van der Waals surface area contributed by atoms with Crippen LogP contribution in [0, 0.1) is 0 Å². The zero-order valence-corrected chi connectivity index (χ0v) is 20.8. The molecule has 1 aromatic heterocycles. The van der Waals surface area contributed by atoms with E-state index in [0.29, 0.717) is 10.9 Å². The minimum absolute atomic E-state index is 0.0426. The van der Waals surface area contributed by atoms with E-state index in [1.54, 1.807) is 43.4 Å². The van der Waals surface area contributed by atoms with Gasteiger partial charge in [0, 0.05) is 13.6 Å². The fraction of sp³-hybridized carbons (Fsp3) is 0.192. The Morgan fingerprint density at radius 1 is 0.919 bits per heavy atom. The van der Waals surface area contributed by atoms with E-state index in [2.05, 4.69) is 4.72 Å². The Labute approximate surface area is 212 Å². The highest BCUT2D eigenvalue weighted by Gasteiger charge is 2.25. The van der Waals surface area contributed by atoms with Crippen molar-refractivity contribution in [1.82, 2.24) is 19.3 Å². The lowest BCUT2D eigenvalue weighted by atomic mass is 10.1. The van der Waals surface area contributed by atoms with E-state index in [1.807, 2.05) is 30.3 Å². The predicted molar refractivity (Wildman–Crippen MR) is 139 cm³/mol. The van der Waals surface area contributed by atoms with Crippen molar-refractivity contribution in [1.29, 1.82) is 0 Å². The zero-order chi connectivity index (χ0) is 26.6. The van der Waals surface area contributed by atoms with Crippen LogP contribution in [0.2, 0.25) is 0 Å². The first-order valence-electron chi connectivity index (χ1n) is 11.5. The van der Waals surface area contributed by atoms with E-state index < -0.39 is 33.2 Å². The van der Waals surface area contributed by atoms with E-state index in [4.69, 9.17) is 5.21 Å². The number of hydroxylamine groups is 1. The monoisotopic (exact) mass is 522 g/mol. The molecule has 1 heterocycles. The van der Waals surface area contributed by atoms with Crippen molar-refractivity contribution in [2.45, 2.75) is 30.3 Å². The minimum atomic E-state index is -4.12. The van der Waals surface area contributed by atoms with E-state index in [1.165, 1.54) is 22.2 Å². The number of aromatic nitrogens is 2. The van der Waals surface area contributed by atoms with Gasteiger partial charge < -0.3 is 0 Å². The third kappa shape index (κ3) is 5.53. The smallest absolute Gasteiger partial charge is 0.296 e. The number of amides is 1. The number of hydrogen-bond acceptors (Lipinski definition) is 6. The molecule has 1 amide bonds. The van der Waals surface area contributed by atoms with Crippen LogP contribution in [-0.4, -0.2) is 34.7 Å². The molecule has 37 heavy (non-hydrogen) atoms. The number of carbonyl (C=O) groups excluding carboxylic acids is 1. The fourth-order valence-electron chi connectivity index (χ4n) is 4.15. The molecule has 10 nitrogen and oxygen atoms in total. The normalized spacial score (nSPS) is 12.4. The molecule has 0 unspecified atom stereocenters. The zero-order valence-electron chi connectivity index (χ0n) is 20.0. The Bertz CT molecular complexity index is 1650. The summed E-state index contributed by atoms with van der Waals surface area (Å²) in [6, 6.07) is 21.0. The molecule has 0 aliphatic heterocycles. The Balaban J connectivity index is 1.50. The van der Waals surface area contributed by atoms with E-state index in [-0.39, 0.29) is 24.3 Å². The molecule has 4 rings (SSSR count). The van der Waals surface area contributed by atoms with Crippen LogP contribution in [0.4, 0.5) is 0 Å². The lowest BCUT2D eigenvalue weighted by Crippen LogP contribution is -2.46. The second kappa shape index (κ2) is 10.9. The first-order chi connectivity index (χ1) is 17.7. The van der Waals surface area contributed by atoms with Gasteiger partial charge in [0.15, 0.2) is 0 Å². The molecule has 3 aromatic carbocycles. The van der Waals surface area contributed by atoms with Gasteiger partial charge in [0.2, 0.25) is 10.0 Å². The van der Waals surface area contributed by atoms with Crippen LogP contribution in [0.1, 0.15) is 12.8 Å². The SMILES string of the molecule is Cn1c(=O)n(CCC[C@@H](NS(=O)(=O)c2ccc(-c3ccccc3)cc2)C(=O)NO)c(=O)c2ccccc21. The van der Waals surface area contributed by atoms with Gasteiger partial charge in [0.1, 0.15) is 6.04 Å². The van der Waals surface area contributed by atoms with Gasteiger partial charge in [-0.15, -0.1) is 0 Å². The van der Waals surface area contributed by atoms with Crippen molar-refractivity contribution < 1.29 is 18.4 Å². The van der Waals surface area contributed by atoms with Gasteiger partial charge in [-0.05, 0) is 48.2 Å². The van der Waals surface area contributed by atoms with Crippen LogP contribution in [0.5, 0.6) is 0 Å². The summed E-state index contributed by atoms with van der Waals surface area (Å²) in [7, 11) is -2.56. The van der Waals surface area contributed by atoms with Gasteiger partial charge in [-0.25, -0.2) is 18.7 Å². The molecule has 0 radical (unpaired) electrons. The number of fused-ring (bicyclic) bond motifs is 1. The average Bonchev–Trinajstić information content (AvgIpc) is 2.93.